The van der Waals surface area contributed by atoms with E-state index in [0.29, 0.717) is 12.6 Å². The van der Waals surface area contributed by atoms with E-state index in [9.17, 15) is 0 Å². The number of benzene rings is 2. The van der Waals surface area contributed by atoms with Crippen LogP contribution in [-0.2, 0) is 12.0 Å². The molecule has 2 aromatic carbocycles. The maximum Gasteiger partial charge on any atom is 0.316 e. The van der Waals surface area contributed by atoms with Gasteiger partial charge in [0.25, 0.3) is 0 Å². The van der Waals surface area contributed by atoms with Gasteiger partial charge in [-0.2, -0.15) is 4.98 Å². The van der Waals surface area contributed by atoms with Crippen molar-refractivity contribution in [1.82, 2.24) is 14.9 Å². The number of nitrogens with zero attached hydrogens (tertiary/aromatic N) is 3. The summed E-state index contributed by atoms with van der Waals surface area (Å²) in [5.41, 5.74) is 5.08. The fraction of sp³-hybridized carbons (Fsp3) is 0.429. The molecule has 1 aliphatic heterocycles. The predicted molar refractivity (Wildman–Crippen MR) is 130 cm³/mol. The summed E-state index contributed by atoms with van der Waals surface area (Å²) in [5, 5.41) is 0. The highest BCUT2D eigenvalue weighted by Gasteiger charge is 2.40. The van der Waals surface area contributed by atoms with Crippen LogP contribution in [0.5, 0.6) is 11.8 Å². The molecule has 0 unspecified atom stereocenters. The second-order valence-corrected chi connectivity index (χ2v) is 9.57. The van der Waals surface area contributed by atoms with E-state index in [1.54, 1.807) is 6.20 Å². The molecule has 5 rings (SSSR count). The molecule has 33 heavy (non-hydrogen) atoms. The first kappa shape index (κ1) is 21.9. The Labute approximate surface area is 196 Å². The van der Waals surface area contributed by atoms with Crippen molar-refractivity contribution in [2.24, 2.45) is 0 Å². The Kier molecular flexibility index (Phi) is 6.32. The van der Waals surface area contributed by atoms with Crippen molar-refractivity contribution in [1.29, 1.82) is 0 Å². The van der Waals surface area contributed by atoms with Crippen LogP contribution >= 0.6 is 0 Å². The third-order valence-electron chi connectivity index (χ3n) is 7.23. The SMILES string of the molecule is Cc1ccc(C2(c3ccc(OCc4ccnc(OC5CCN(C)CC5)n4)cc3)CCC2)cc1. The van der Waals surface area contributed by atoms with E-state index in [-0.39, 0.29) is 11.5 Å². The molecule has 3 aromatic rings. The minimum atomic E-state index is 0.152. The topological polar surface area (TPSA) is 47.5 Å². The number of hydrogen-bond acceptors (Lipinski definition) is 5. The average Bonchev–Trinajstić information content (AvgIpc) is 2.81. The van der Waals surface area contributed by atoms with Crippen molar-refractivity contribution < 1.29 is 9.47 Å². The van der Waals surface area contributed by atoms with Gasteiger partial charge in [0.1, 0.15) is 18.5 Å². The van der Waals surface area contributed by atoms with E-state index in [1.165, 1.54) is 36.0 Å². The van der Waals surface area contributed by atoms with Crippen LogP contribution in [0.2, 0.25) is 0 Å². The van der Waals surface area contributed by atoms with Crippen molar-refractivity contribution >= 4 is 0 Å². The first-order valence-corrected chi connectivity index (χ1v) is 12.1. The van der Waals surface area contributed by atoms with Crippen molar-refractivity contribution in [3.8, 4) is 11.8 Å². The number of ether oxygens (including phenoxy) is 2. The Hall–Kier alpha value is -2.92. The van der Waals surface area contributed by atoms with Gasteiger partial charge in [-0.25, -0.2) is 4.98 Å². The summed E-state index contributed by atoms with van der Waals surface area (Å²) in [5.74, 6) is 0.855. The zero-order valence-corrected chi connectivity index (χ0v) is 19.7. The Morgan fingerprint density at radius 2 is 1.61 bits per heavy atom. The van der Waals surface area contributed by atoms with Crippen LogP contribution in [0.4, 0.5) is 0 Å². The van der Waals surface area contributed by atoms with E-state index in [4.69, 9.17) is 9.47 Å². The third kappa shape index (κ3) is 4.88. The van der Waals surface area contributed by atoms with Gasteiger partial charge in [0.15, 0.2) is 0 Å². The van der Waals surface area contributed by atoms with E-state index in [0.717, 1.165) is 37.4 Å². The number of aromatic nitrogens is 2. The summed E-state index contributed by atoms with van der Waals surface area (Å²) in [6.07, 6.45) is 7.66. The van der Waals surface area contributed by atoms with E-state index in [2.05, 4.69) is 77.4 Å². The monoisotopic (exact) mass is 443 g/mol. The summed E-state index contributed by atoms with van der Waals surface area (Å²) in [4.78, 5) is 11.2. The number of rotatable bonds is 7. The molecule has 2 heterocycles. The van der Waals surface area contributed by atoms with Gasteiger partial charge in [-0.1, -0.05) is 48.4 Å². The molecule has 172 valence electrons. The number of likely N-dealkylation sites (tertiary alicyclic amines) is 1. The van der Waals surface area contributed by atoms with Gasteiger partial charge in [-0.3, -0.25) is 0 Å². The highest BCUT2D eigenvalue weighted by atomic mass is 16.5. The molecule has 1 aromatic heterocycles. The summed E-state index contributed by atoms with van der Waals surface area (Å²) in [6, 6.07) is 20.0. The molecular formula is C28H33N3O2. The number of aryl methyl sites for hydroxylation is 1. The van der Waals surface area contributed by atoms with Gasteiger partial charge in [-0.05, 0) is 69.0 Å². The highest BCUT2D eigenvalue weighted by Crippen LogP contribution is 2.49. The Morgan fingerprint density at radius 1 is 0.939 bits per heavy atom. The van der Waals surface area contributed by atoms with E-state index >= 15 is 0 Å². The van der Waals surface area contributed by atoms with E-state index in [1.807, 2.05) is 6.07 Å². The first-order chi connectivity index (χ1) is 16.1. The normalized spacial score (nSPS) is 18.5. The minimum Gasteiger partial charge on any atom is -0.487 e. The van der Waals surface area contributed by atoms with Gasteiger partial charge in [0, 0.05) is 24.7 Å². The van der Waals surface area contributed by atoms with Crippen LogP contribution < -0.4 is 9.47 Å². The second kappa shape index (κ2) is 9.52. The predicted octanol–water partition coefficient (Wildman–Crippen LogP) is 5.31. The molecular weight excluding hydrogens is 410 g/mol. The van der Waals surface area contributed by atoms with Gasteiger partial charge < -0.3 is 14.4 Å². The van der Waals surface area contributed by atoms with Crippen LogP contribution in [0, 0.1) is 6.92 Å². The zero-order chi connectivity index (χ0) is 22.7. The molecule has 0 N–H and O–H groups in total. The Bertz CT molecular complexity index is 1050. The molecule has 2 fully saturated rings. The maximum absolute atomic E-state index is 6.04. The summed E-state index contributed by atoms with van der Waals surface area (Å²) in [6.45, 7) is 4.64. The van der Waals surface area contributed by atoms with E-state index < -0.39 is 0 Å². The van der Waals surface area contributed by atoms with Crippen LogP contribution in [0.15, 0.2) is 60.8 Å². The first-order valence-electron chi connectivity index (χ1n) is 12.1. The summed E-state index contributed by atoms with van der Waals surface area (Å²) in [7, 11) is 2.14. The van der Waals surface area contributed by atoms with Crippen molar-refractivity contribution in [3.63, 3.8) is 0 Å². The third-order valence-corrected chi connectivity index (χ3v) is 7.23. The standard InChI is InChI=1S/C28H33N3O2/c1-21-4-6-22(7-5-21)28(15-3-16-28)23-8-10-25(11-9-23)32-20-24-12-17-29-27(30-24)33-26-13-18-31(2)19-14-26/h4-12,17,26H,3,13-16,18-20H2,1-2H3. The van der Waals surface area contributed by atoms with Crippen molar-refractivity contribution in [3.05, 3.63) is 83.2 Å². The van der Waals surface area contributed by atoms with Gasteiger partial charge in [0.05, 0.1) is 5.69 Å². The lowest BCUT2D eigenvalue weighted by Gasteiger charge is -2.43. The van der Waals surface area contributed by atoms with Crippen LogP contribution in [0.3, 0.4) is 0 Å². The van der Waals surface area contributed by atoms with Gasteiger partial charge >= 0.3 is 6.01 Å². The molecule has 0 radical (unpaired) electrons. The molecule has 5 nitrogen and oxygen atoms in total. The van der Waals surface area contributed by atoms with Gasteiger partial charge in [-0.15, -0.1) is 0 Å². The van der Waals surface area contributed by atoms with Crippen molar-refractivity contribution in [2.75, 3.05) is 20.1 Å². The maximum atomic E-state index is 6.04. The summed E-state index contributed by atoms with van der Waals surface area (Å²) < 4.78 is 12.1. The fourth-order valence-electron chi connectivity index (χ4n) is 4.94. The average molecular weight is 444 g/mol. The lowest BCUT2D eigenvalue weighted by atomic mass is 9.60. The largest absolute Gasteiger partial charge is 0.487 e. The molecule has 1 saturated heterocycles. The fourth-order valence-corrected chi connectivity index (χ4v) is 4.94. The Morgan fingerprint density at radius 3 is 2.24 bits per heavy atom. The van der Waals surface area contributed by atoms with Gasteiger partial charge in [0.2, 0.25) is 0 Å². The molecule has 1 saturated carbocycles. The Balaban J connectivity index is 1.21. The molecule has 2 aliphatic rings. The molecule has 0 bridgehead atoms. The smallest absolute Gasteiger partial charge is 0.316 e. The molecule has 1 aliphatic carbocycles. The van der Waals surface area contributed by atoms with Crippen LogP contribution in [-0.4, -0.2) is 41.1 Å². The lowest BCUT2D eigenvalue weighted by molar-refractivity contribution is 0.104. The molecule has 0 spiro atoms. The number of piperidine rings is 1. The number of hydrogen-bond donors (Lipinski definition) is 0. The molecule has 0 amide bonds. The molecule has 0 atom stereocenters. The highest BCUT2D eigenvalue weighted by molar-refractivity contribution is 5.44. The zero-order valence-electron chi connectivity index (χ0n) is 19.7. The van der Waals surface area contributed by atoms with Crippen LogP contribution in [0.1, 0.15) is 54.5 Å². The quantitative estimate of drug-likeness (QED) is 0.495. The minimum absolute atomic E-state index is 0.152. The second-order valence-electron chi connectivity index (χ2n) is 9.57. The van der Waals surface area contributed by atoms with Crippen molar-refractivity contribution in [2.45, 2.75) is 57.2 Å². The molecule has 5 heteroatoms. The lowest BCUT2D eigenvalue weighted by Crippen LogP contribution is -2.36. The summed E-state index contributed by atoms with van der Waals surface area (Å²) >= 11 is 0. The van der Waals surface area contributed by atoms with Crippen LogP contribution in [0.25, 0.3) is 0 Å².